The molecule has 0 saturated carbocycles. The Morgan fingerprint density at radius 2 is 1.60 bits per heavy atom. The number of benzene rings is 2. The first-order chi connectivity index (χ1) is 14.2. The molecule has 0 aliphatic rings. The fourth-order valence-corrected chi connectivity index (χ4v) is 3.68. The molecule has 2 atom stereocenters. The van der Waals surface area contributed by atoms with Crippen LogP contribution in [0.4, 0.5) is 0 Å². The van der Waals surface area contributed by atoms with Gasteiger partial charge in [-0.1, -0.05) is 66.8 Å². The molecule has 1 N–H and O–H groups in total. The van der Waals surface area contributed by atoms with Gasteiger partial charge in [0, 0.05) is 27.7 Å². The average molecular weight is 470 g/mol. The van der Waals surface area contributed by atoms with Crippen molar-refractivity contribution in [2.24, 2.45) is 0 Å². The molecule has 2 rings (SSSR count). The Morgan fingerprint density at radius 3 is 2.17 bits per heavy atom. The van der Waals surface area contributed by atoms with Crippen molar-refractivity contribution in [3.63, 3.8) is 0 Å². The van der Waals surface area contributed by atoms with E-state index in [1.54, 1.807) is 35.2 Å². The van der Waals surface area contributed by atoms with Gasteiger partial charge in [-0.05, 0) is 55.2 Å². The lowest BCUT2D eigenvalue weighted by atomic mass is 10.1. The van der Waals surface area contributed by atoms with Gasteiger partial charge in [0.1, 0.15) is 6.04 Å². The number of hydrogen-bond donors (Lipinski definition) is 1. The quantitative estimate of drug-likeness (QED) is 0.496. The van der Waals surface area contributed by atoms with Gasteiger partial charge >= 0.3 is 0 Å². The van der Waals surface area contributed by atoms with Crippen molar-refractivity contribution in [1.82, 2.24) is 10.2 Å². The Kier molecular flexibility index (Phi) is 9.47. The highest BCUT2D eigenvalue weighted by molar-refractivity contribution is 6.35. The summed E-state index contributed by atoms with van der Waals surface area (Å²) in [4.78, 5) is 27.9. The van der Waals surface area contributed by atoms with Gasteiger partial charge in [0.2, 0.25) is 11.8 Å². The molecule has 0 unspecified atom stereocenters. The van der Waals surface area contributed by atoms with Gasteiger partial charge in [0.25, 0.3) is 0 Å². The molecule has 0 radical (unpaired) electrons. The molecule has 0 aromatic heterocycles. The summed E-state index contributed by atoms with van der Waals surface area (Å²) in [7, 11) is 0. The van der Waals surface area contributed by atoms with Crippen LogP contribution in [0.3, 0.4) is 0 Å². The summed E-state index contributed by atoms with van der Waals surface area (Å²) < 4.78 is 0. The maximum atomic E-state index is 13.3. The first-order valence-electron chi connectivity index (χ1n) is 10.0. The molecule has 2 aromatic rings. The summed E-state index contributed by atoms with van der Waals surface area (Å²) in [6, 6.07) is 11.8. The van der Waals surface area contributed by atoms with Crippen molar-refractivity contribution < 1.29 is 9.59 Å². The number of halogens is 3. The van der Waals surface area contributed by atoms with Gasteiger partial charge in [-0.15, -0.1) is 0 Å². The van der Waals surface area contributed by atoms with E-state index in [4.69, 9.17) is 34.8 Å². The molecule has 0 bridgehead atoms. The highest BCUT2D eigenvalue weighted by Crippen LogP contribution is 2.23. The molecule has 0 fully saturated rings. The minimum absolute atomic E-state index is 0.0322. The van der Waals surface area contributed by atoms with E-state index in [1.165, 1.54) is 0 Å². The monoisotopic (exact) mass is 468 g/mol. The number of carbonyl (C=O) groups is 2. The molecule has 0 heterocycles. The SMILES string of the molecule is CC[C@H](C(=O)N[C@@H](C)CC)N(Cc1ccc(Cl)cc1)C(=O)Cc1ccc(Cl)cc1Cl. The van der Waals surface area contributed by atoms with Gasteiger partial charge in [0.15, 0.2) is 0 Å². The topological polar surface area (TPSA) is 49.4 Å². The van der Waals surface area contributed by atoms with Crippen LogP contribution in [0.1, 0.15) is 44.7 Å². The molecular formula is C23H27Cl3N2O2. The first kappa shape index (κ1) is 24.5. The molecule has 0 saturated heterocycles. The number of hydrogen-bond acceptors (Lipinski definition) is 2. The molecule has 0 aliphatic heterocycles. The second-order valence-electron chi connectivity index (χ2n) is 7.30. The highest BCUT2D eigenvalue weighted by atomic mass is 35.5. The predicted octanol–water partition coefficient (Wildman–Crippen LogP) is 5.91. The standard InChI is InChI=1S/C23H27Cl3N2O2/c1-4-15(3)27-23(30)21(5-2)28(14-16-6-9-18(24)10-7-16)22(29)12-17-8-11-19(25)13-20(17)26/h6-11,13,15,21H,4-5,12,14H2,1-3H3,(H,27,30)/t15-,21+/m0/s1. The van der Waals surface area contributed by atoms with Crippen molar-refractivity contribution in [2.45, 2.75) is 58.7 Å². The van der Waals surface area contributed by atoms with E-state index < -0.39 is 6.04 Å². The third-order valence-corrected chi connectivity index (χ3v) is 5.85. The summed E-state index contributed by atoms with van der Waals surface area (Å²) in [6.07, 6.45) is 1.39. The van der Waals surface area contributed by atoms with Crippen molar-refractivity contribution in [3.8, 4) is 0 Å². The number of amides is 2. The Hall–Kier alpha value is -1.75. The third kappa shape index (κ3) is 6.90. The van der Waals surface area contributed by atoms with E-state index in [0.717, 1.165) is 12.0 Å². The Morgan fingerprint density at radius 1 is 0.967 bits per heavy atom. The molecule has 4 nitrogen and oxygen atoms in total. The number of nitrogens with one attached hydrogen (secondary N) is 1. The molecule has 30 heavy (non-hydrogen) atoms. The van der Waals surface area contributed by atoms with E-state index in [9.17, 15) is 9.59 Å². The van der Waals surface area contributed by atoms with E-state index in [2.05, 4.69) is 5.32 Å². The zero-order valence-corrected chi connectivity index (χ0v) is 19.7. The van der Waals surface area contributed by atoms with Crippen molar-refractivity contribution in [3.05, 3.63) is 68.7 Å². The average Bonchev–Trinajstić information content (AvgIpc) is 2.71. The minimum atomic E-state index is -0.590. The second-order valence-corrected chi connectivity index (χ2v) is 8.58. The number of rotatable bonds is 9. The van der Waals surface area contributed by atoms with E-state index in [1.807, 2.05) is 32.9 Å². The molecule has 7 heteroatoms. The first-order valence-corrected chi connectivity index (χ1v) is 11.2. The Bertz CT molecular complexity index is 871. The van der Waals surface area contributed by atoms with Crippen LogP contribution in [0.5, 0.6) is 0 Å². The summed E-state index contributed by atoms with van der Waals surface area (Å²) in [5.74, 6) is -0.336. The predicted molar refractivity (Wildman–Crippen MR) is 124 cm³/mol. The van der Waals surface area contributed by atoms with Crippen LogP contribution in [0.2, 0.25) is 15.1 Å². The summed E-state index contributed by atoms with van der Waals surface area (Å²) in [5, 5.41) is 4.55. The second kappa shape index (κ2) is 11.6. The zero-order chi connectivity index (χ0) is 22.3. The maximum absolute atomic E-state index is 13.3. The van der Waals surface area contributed by atoms with Crippen LogP contribution in [0, 0.1) is 0 Å². The van der Waals surface area contributed by atoms with Gasteiger partial charge in [0.05, 0.1) is 6.42 Å². The number of nitrogens with zero attached hydrogens (tertiary/aromatic N) is 1. The summed E-state index contributed by atoms with van der Waals surface area (Å²) in [6.45, 7) is 6.15. The van der Waals surface area contributed by atoms with Crippen LogP contribution < -0.4 is 5.32 Å². The van der Waals surface area contributed by atoms with Crippen LogP contribution in [-0.2, 0) is 22.6 Å². The summed E-state index contributed by atoms with van der Waals surface area (Å²) in [5.41, 5.74) is 1.56. The Balaban J connectivity index is 2.31. The molecule has 2 aromatic carbocycles. The van der Waals surface area contributed by atoms with Crippen molar-refractivity contribution in [1.29, 1.82) is 0 Å². The van der Waals surface area contributed by atoms with Gasteiger partial charge in [-0.25, -0.2) is 0 Å². The summed E-state index contributed by atoms with van der Waals surface area (Å²) >= 11 is 18.2. The largest absolute Gasteiger partial charge is 0.352 e. The van der Waals surface area contributed by atoms with E-state index >= 15 is 0 Å². The van der Waals surface area contributed by atoms with Crippen molar-refractivity contribution >= 4 is 46.6 Å². The van der Waals surface area contributed by atoms with Crippen LogP contribution >= 0.6 is 34.8 Å². The molecule has 162 valence electrons. The fraction of sp³-hybridized carbons (Fsp3) is 0.391. The molecule has 2 amide bonds. The third-order valence-electron chi connectivity index (χ3n) is 5.01. The lowest BCUT2D eigenvalue weighted by molar-refractivity contribution is -0.141. The van der Waals surface area contributed by atoms with Gasteiger partial charge in [-0.2, -0.15) is 0 Å². The highest BCUT2D eigenvalue weighted by Gasteiger charge is 2.29. The lowest BCUT2D eigenvalue weighted by Gasteiger charge is -2.31. The lowest BCUT2D eigenvalue weighted by Crippen LogP contribution is -2.51. The van der Waals surface area contributed by atoms with Gasteiger partial charge < -0.3 is 10.2 Å². The van der Waals surface area contributed by atoms with Crippen LogP contribution in [0.15, 0.2) is 42.5 Å². The van der Waals surface area contributed by atoms with Crippen molar-refractivity contribution in [2.75, 3.05) is 0 Å². The van der Waals surface area contributed by atoms with Crippen LogP contribution in [0.25, 0.3) is 0 Å². The normalized spacial score (nSPS) is 12.9. The Labute approximate surface area is 193 Å². The fourth-order valence-electron chi connectivity index (χ4n) is 3.08. The number of carbonyl (C=O) groups excluding carboxylic acids is 2. The molecule has 0 aliphatic carbocycles. The van der Waals surface area contributed by atoms with Gasteiger partial charge in [-0.3, -0.25) is 9.59 Å². The van der Waals surface area contributed by atoms with E-state index in [0.29, 0.717) is 33.6 Å². The van der Waals surface area contributed by atoms with Crippen LogP contribution in [-0.4, -0.2) is 28.8 Å². The smallest absolute Gasteiger partial charge is 0.243 e. The molecular weight excluding hydrogens is 443 g/mol. The minimum Gasteiger partial charge on any atom is -0.352 e. The maximum Gasteiger partial charge on any atom is 0.243 e. The zero-order valence-electron chi connectivity index (χ0n) is 17.4. The molecule has 0 spiro atoms. The van der Waals surface area contributed by atoms with E-state index in [-0.39, 0.29) is 24.3 Å².